The zero-order valence-electron chi connectivity index (χ0n) is 13.4. The first-order valence-corrected chi connectivity index (χ1v) is 7.37. The Hall–Kier alpha value is -2.95. The predicted molar refractivity (Wildman–Crippen MR) is 90.3 cm³/mol. The second-order valence-electron chi connectivity index (χ2n) is 5.58. The summed E-state index contributed by atoms with van der Waals surface area (Å²) in [6, 6.07) is 13.5. The number of carbonyl (C=O) groups is 1. The minimum Gasteiger partial charge on any atom is -0.383 e. The van der Waals surface area contributed by atoms with Gasteiger partial charge in [-0.3, -0.25) is 4.79 Å². The lowest BCUT2D eigenvalue weighted by Crippen LogP contribution is -2.04. The Balaban J connectivity index is 2.22. The number of fused-ring (bicyclic) bond motifs is 1. The summed E-state index contributed by atoms with van der Waals surface area (Å²) in [5.41, 5.74) is 3.68. The van der Waals surface area contributed by atoms with E-state index >= 15 is 0 Å². The fraction of sp³-hybridized carbons (Fsp3) is 0.167. The zero-order chi connectivity index (χ0) is 16.4. The van der Waals surface area contributed by atoms with Crippen molar-refractivity contribution in [3.8, 4) is 11.3 Å². The SMILES string of the molecule is Cc1ccc2c(C(=O)/C=C/N(C)C)c(-c3ccccc3)nn2n1. The summed E-state index contributed by atoms with van der Waals surface area (Å²) in [6.07, 6.45) is 3.30. The number of aryl methyl sites for hydroxylation is 1. The Bertz CT molecular complexity index is 879. The van der Waals surface area contributed by atoms with Crippen molar-refractivity contribution in [2.75, 3.05) is 14.1 Å². The Morgan fingerprint density at radius 3 is 2.52 bits per heavy atom. The van der Waals surface area contributed by atoms with Gasteiger partial charge in [0.2, 0.25) is 0 Å². The molecule has 0 saturated carbocycles. The molecule has 1 aromatic carbocycles. The van der Waals surface area contributed by atoms with Crippen molar-refractivity contribution >= 4 is 11.3 Å². The first-order valence-electron chi connectivity index (χ1n) is 7.37. The lowest BCUT2D eigenvalue weighted by molar-refractivity contribution is 0.104. The van der Waals surface area contributed by atoms with Crippen molar-refractivity contribution in [2.24, 2.45) is 0 Å². The summed E-state index contributed by atoms with van der Waals surface area (Å²) >= 11 is 0. The van der Waals surface area contributed by atoms with Crippen LogP contribution in [0.4, 0.5) is 0 Å². The largest absolute Gasteiger partial charge is 0.383 e. The molecule has 0 spiro atoms. The van der Waals surface area contributed by atoms with E-state index in [1.54, 1.807) is 12.3 Å². The van der Waals surface area contributed by atoms with Gasteiger partial charge in [0.25, 0.3) is 0 Å². The van der Waals surface area contributed by atoms with E-state index in [2.05, 4.69) is 10.2 Å². The summed E-state index contributed by atoms with van der Waals surface area (Å²) in [6.45, 7) is 1.90. The molecule has 0 saturated heterocycles. The number of ketones is 1. The number of nitrogens with zero attached hydrogens (tertiary/aromatic N) is 4. The number of hydrogen-bond acceptors (Lipinski definition) is 4. The molecule has 0 aliphatic heterocycles. The number of hydrogen-bond donors (Lipinski definition) is 0. The van der Waals surface area contributed by atoms with Gasteiger partial charge in [-0.25, -0.2) is 0 Å². The summed E-state index contributed by atoms with van der Waals surface area (Å²) in [5.74, 6) is -0.0850. The van der Waals surface area contributed by atoms with E-state index in [-0.39, 0.29) is 5.78 Å². The molecule has 0 radical (unpaired) electrons. The molecule has 0 bridgehead atoms. The van der Waals surface area contributed by atoms with Crippen molar-refractivity contribution in [1.82, 2.24) is 19.7 Å². The molecule has 116 valence electrons. The van der Waals surface area contributed by atoms with E-state index in [4.69, 9.17) is 0 Å². The molecule has 0 aliphatic carbocycles. The van der Waals surface area contributed by atoms with Gasteiger partial charge < -0.3 is 4.90 Å². The van der Waals surface area contributed by atoms with Crippen molar-refractivity contribution in [3.63, 3.8) is 0 Å². The van der Waals surface area contributed by atoms with Crippen LogP contribution in [0, 0.1) is 6.92 Å². The molecule has 0 aliphatic rings. The summed E-state index contributed by atoms with van der Waals surface area (Å²) < 4.78 is 1.54. The van der Waals surface area contributed by atoms with Crippen molar-refractivity contribution in [1.29, 1.82) is 0 Å². The molecule has 0 fully saturated rings. The quantitative estimate of drug-likeness (QED) is 0.549. The van der Waals surface area contributed by atoms with Crippen LogP contribution < -0.4 is 0 Å². The summed E-state index contributed by atoms with van der Waals surface area (Å²) in [7, 11) is 3.76. The van der Waals surface area contributed by atoms with Gasteiger partial charge in [0.1, 0.15) is 5.69 Å². The van der Waals surface area contributed by atoms with Gasteiger partial charge in [-0.1, -0.05) is 30.3 Å². The lowest BCUT2D eigenvalue weighted by Gasteiger charge is -2.03. The Labute approximate surface area is 134 Å². The van der Waals surface area contributed by atoms with E-state index < -0.39 is 0 Å². The maximum atomic E-state index is 12.7. The average Bonchev–Trinajstić information content (AvgIpc) is 2.92. The highest BCUT2D eigenvalue weighted by Crippen LogP contribution is 2.26. The highest BCUT2D eigenvalue weighted by molar-refractivity contribution is 6.13. The van der Waals surface area contributed by atoms with Gasteiger partial charge in [-0.15, -0.1) is 5.10 Å². The fourth-order valence-electron chi connectivity index (χ4n) is 2.37. The maximum absolute atomic E-state index is 12.7. The lowest BCUT2D eigenvalue weighted by atomic mass is 10.0. The monoisotopic (exact) mass is 306 g/mol. The predicted octanol–water partition coefficient (Wildman–Crippen LogP) is 2.96. The van der Waals surface area contributed by atoms with Crippen LogP contribution in [0.5, 0.6) is 0 Å². The van der Waals surface area contributed by atoms with Crippen LogP contribution in [0.25, 0.3) is 16.8 Å². The van der Waals surface area contributed by atoms with Gasteiger partial charge in [0, 0.05) is 31.9 Å². The molecule has 0 N–H and O–H groups in total. The summed E-state index contributed by atoms with van der Waals surface area (Å²) in [5, 5.41) is 8.91. The molecular formula is C18H18N4O. The molecule has 5 nitrogen and oxygen atoms in total. The first kappa shape index (κ1) is 15.0. The highest BCUT2D eigenvalue weighted by atomic mass is 16.1. The number of aromatic nitrogens is 3. The second-order valence-corrected chi connectivity index (χ2v) is 5.58. The standard InChI is InChI=1S/C18H18N4O/c1-13-9-10-15-17(16(23)11-12-21(2)3)18(20-22(15)19-13)14-7-5-4-6-8-14/h4-12H,1-3H3/b12-11+. The maximum Gasteiger partial charge on any atom is 0.191 e. The molecule has 3 aromatic rings. The number of allylic oxidation sites excluding steroid dienone is 1. The molecule has 0 atom stereocenters. The Morgan fingerprint density at radius 1 is 1.09 bits per heavy atom. The van der Waals surface area contributed by atoms with E-state index in [1.807, 2.05) is 68.4 Å². The molecule has 2 heterocycles. The topological polar surface area (TPSA) is 50.5 Å². The van der Waals surface area contributed by atoms with Gasteiger partial charge in [-0.2, -0.15) is 9.73 Å². The summed E-state index contributed by atoms with van der Waals surface area (Å²) in [4.78, 5) is 14.5. The molecule has 0 amide bonds. The molecule has 23 heavy (non-hydrogen) atoms. The van der Waals surface area contributed by atoms with Crippen molar-refractivity contribution in [2.45, 2.75) is 6.92 Å². The third-order valence-corrected chi connectivity index (χ3v) is 3.46. The van der Waals surface area contributed by atoms with Gasteiger partial charge in [-0.05, 0) is 19.1 Å². The molecule has 3 rings (SSSR count). The molecule has 0 unspecified atom stereocenters. The molecule has 5 heteroatoms. The Morgan fingerprint density at radius 2 is 1.83 bits per heavy atom. The van der Waals surface area contributed by atoms with Gasteiger partial charge in [0.05, 0.1) is 16.8 Å². The normalized spacial score (nSPS) is 11.3. The number of benzene rings is 1. The van der Waals surface area contributed by atoms with E-state index in [0.29, 0.717) is 16.8 Å². The smallest absolute Gasteiger partial charge is 0.191 e. The first-order chi connectivity index (χ1) is 11.1. The van der Waals surface area contributed by atoms with E-state index in [1.165, 1.54) is 4.63 Å². The molecule has 2 aromatic heterocycles. The number of rotatable bonds is 4. The third kappa shape index (κ3) is 2.99. The van der Waals surface area contributed by atoms with Crippen LogP contribution >= 0.6 is 0 Å². The van der Waals surface area contributed by atoms with E-state index in [0.717, 1.165) is 11.3 Å². The van der Waals surface area contributed by atoms with Crippen LogP contribution in [-0.2, 0) is 0 Å². The average molecular weight is 306 g/mol. The highest BCUT2D eigenvalue weighted by Gasteiger charge is 2.20. The van der Waals surface area contributed by atoms with Crippen LogP contribution in [0.15, 0.2) is 54.7 Å². The minimum absolute atomic E-state index is 0.0850. The fourth-order valence-corrected chi connectivity index (χ4v) is 2.37. The van der Waals surface area contributed by atoms with Gasteiger partial charge in [0.15, 0.2) is 5.78 Å². The van der Waals surface area contributed by atoms with Crippen molar-refractivity contribution in [3.05, 3.63) is 66.0 Å². The van der Waals surface area contributed by atoms with Gasteiger partial charge >= 0.3 is 0 Å². The van der Waals surface area contributed by atoms with Crippen LogP contribution in [0.2, 0.25) is 0 Å². The Kier molecular flexibility index (Phi) is 3.93. The van der Waals surface area contributed by atoms with Crippen LogP contribution in [-0.4, -0.2) is 39.6 Å². The second kappa shape index (κ2) is 6.04. The third-order valence-electron chi connectivity index (χ3n) is 3.46. The minimum atomic E-state index is -0.0850. The van der Waals surface area contributed by atoms with Crippen molar-refractivity contribution < 1.29 is 4.79 Å². The zero-order valence-corrected chi connectivity index (χ0v) is 13.4. The van der Waals surface area contributed by atoms with Crippen LogP contribution in [0.3, 0.4) is 0 Å². The number of carbonyl (C=O) groups excluding carboxylic acids is 1. The molecular weight excluding hydrogens is 288 g/mol. The van der Waals surface area contributed by atoms with E-state index in [9.17, 15) is 4.79 Å². The van der Waals surface area contributed by atoms with Crippen LogP contribution in [0.1, 0.15) is 16.1 Å².